The summed E-state index contributed by atoms with van der Waals surface area (Å²) in [6.45, 7) is 5.63. The monoisotopic (exact) mass is 438 g/mol. The highest BCUT2D eigenvalue weighted by Gasteiger charge is 1.94. The third kappa shape index (κ3) is 16.3. The normalized spacial score (nSPS) is 10.7. The minimum Gasteiger partial charge on any atom is -0.391 e. The summed E-state index contributed by atoms with van der Waals surface area (Å²) in [5, 5.41) is 12.8. The summed E-state index contributed by atoms with van der Waals surface area (Å²) in [6.07, 6.45) is 13.1. The van der Waals surface area contributed by atoms with Crippen LogP contribution >= 0.6 is 15.9 Å². The number of hydrogen-bond donors (Lipinski definition) is 1. The predicted molar refractivity (Wildman–Crippen MR) is 127 cm³/mol. The maximum atomic E-state index is 4.20. The second-order valence-corrected chi connectivity index (χ2v) is 6.47. The lowest BCUT2D eigenvalue weighted by Crippen LogP contribution is -2.07. The number of nitrogens with one attached hydrogen (secondary N) is 1. The van der Waals surface area contributed by atoms with Gasteiger partial charge in [0.25, 0.3) is 0 Å². The SMILES string of the molecule is C.CC.CN(C)c1ccc(N=NC/C=C\C=C/NCCCCCCBr)cc1. The van der Waals surface area contributed by atoms with Gasteiger partial charge in [0.2, 0.25) is 0 Å². The average Bonchev–Trinajstić information content (AvgIpc) is 2.67. The maximum Gasteiger partial charge on any atom is 0.0854 e. The molecule has 0 aromatic heterocycles. The smallest absolute Gasteiger partial charge is 0.0854 e. The molecule has 0 unspecified atom stereocenters. The Morgan fingerprint density at radius 2 is 1.67 bits per heavy atom. The van der Waals surface area contributed by atoms with Gasteiger partial charge in [-0.05, 0) is 49.4 Å². The first kappa shape index (κ1) is 27.6. The summed E-state index contributed by atoms with van der Waals surface area (Å²) in [6, 6.07) is 8.03. The number of anilines is 1. The first-order valence-electron chi connectivity index (χ1n) is 9.50. The summed E-state index contributed by atoms with van der Waals surface area (Å²) >= 11 is 3.45. The Kier molecular flexibility index (Phi) is 21.1. The Labute approximate surface area is 176 Å². The number of benzene rings is 1. The minimum absolute atomic E-state index is 0. The van der Waals surface area contributed by atoms with E-state index in [1.54, 1.807) is 0 Å². The molecule has 0 amide bonds. The van der Waals surface area contributed by atoms with Crippen LogP contribution < -0.4 is 10.2 Å². The van der Waals surface area contributed by atoms with E-state index in [0.29, 0.717) is 6.54 Å². The van der Waals surface area contributed by atoms with Crippen molar-refractivity contribution in [2.45, 2.75) is 47.0 Å². The van der Waals surface area contributed by atoms with E-state index in [2.05, 4.69) is 36.4 Å². The van der Waals surface area contributed by atoms with Crippen molar-refractivity contribution >= 4 is 27.3 Å². The van der Waals surface area contributed by atoms with E-state index < -0.39 is 0 Å². The topological polar surface area (TPSA) is 40.0 Å². The molecule has 154 valence electrons. The van der Waals surface area contributed by atoms with Crippen LogP contribution in [-0.4, -0.2) is 32.5 Å². The predicted octanol–water partition coefficient (Wildman–Crippen LogP) is 7.11. The molecule has 1 rings (SSSR count). The summed E-state index contributed by atoms with van der Waals surface area (Å²) in [5.41, 5.74) is 2.04. The van der Waals surface area contributed by atoms with Crippen molar-refractivity contribution in [1.29, 1.82) is 0 Å². The van der Waals surface area contributed by atoms with Crippen LogP contribution in [-0.2, 0) is 0 Å². The fraction of sp³-hybridized carbons (Fsp3) is 0.545. The van der Waals surface area contributed by atoms with E-state index >= 15 is 0 Å². The lowest BCUT2D eigenvalue weighted by atomic mass is 10.2. The van der Waals surface area contributed by atoms with Gasteiger partial charge in [0.05, 0.1) is 12.2 Å². The van der Waals surface area contributed by atoms with Crippen LogP contribution in [0.2, 0.25) is 0 Å². The van der Waals surface area contributed by atoms with Gasteiger partial charge in [0.1, 0.15) is 0 Å². The molecule has 0 radical (unpaired) electrons. The van der Waals surface area contributed by atoms with Gasteiger partial charge in [-0.1, -0.05) is 62.2 Å². The van der Waals surface area contributed by atoms with Crippen molar-refractivity contribution in [3.63, 3.8) is 0 Å². The molecule has 0 aliphatic rings. The number of allylic oxidation sites excluding steroid dienone is 2. The molecule has 5 heteroatoms. The zero-order valence-electron chi connectivity index (χ0n) is 16.8. The molecule has 27 heavy (non-hydrogen) atoms. The third-order valence-electron chi connectivity index (χ3n) is 3.41. The highest BCUT2D eigenvalue weighted by atomic mass is 79.9. The Morgan fingerprint density at radius 3 is 2.30 bits per heavy atom. The molecule has 0 atom stereocenters. The summed E-state index contributed by atoms with van der Waals surface area (Å²) in [4.78, 5) is 2.06. The maximum absolute atomic E-state index is 4.20. The van der Waals surface area contributed by atoms with Gasteiger partial charge >= 0.3 is 0 Å². The molecule has 1 N–H and O–H groups in total. The third-order valence-corrected chi connectivity index (χ3v) is 3.97. The molecule has 0 fully saturated rings. The van der Waals surface area contributed by atoms with Gasteiger partial charge in [0.15, 0.2) is 0 Å². The first-order chi connectivity index (χ1) is 12.7. The molecular formula is C22H39BrN4. The van der Waals surface area contributed by atoms with E-state index in [9.17, 15) is 0 Å². The molecule has 0 aliphatic carbocycles. The van der Waals surface area contributed by atoms with Crippen LogP contribution in [0.25, 0.3) is 0 Å². The van der Waals surface area contributed by atoms with Crippen LogP contribution in [0.5, 0.6) is 0 Å². The average molecular weight is 439 g/mol. The van der Waals surface area contributed by atoms with Crippen molar-refractivity contribution in [2.75, 3.05) is 37.4 Å². The van der Waals surface area contributed by atoms with E-state index in [-0.39, 0.29) is 7.43 Å². The lowest BCUT2D eigenvalue weighted by Gasteiger charge is -2.11. The lowest BCUT2D eigenvalue weighted by molar-refractivity contribution is 0.649. The number of azo groups is 1. The number of alkyl halides is 1. The number of unbranched alkanes of at least 4 members (excludes halogenated alkanes) is 3. The Balaban J connectivity index is 0. The van der Waals surface area contributed by atoms with Crippen molar-refractivity contribution in [3.8, 4) is 0 Å². The molecule has 0 saturated carbocycles. The van der Waals surface area contributed by atoms with Crippen molar-refractivity contribution in [2.24, 2.45) is 10.2 Å². The fourth-order valence-electron chi connectivity index (χ4n) is 2.01. The quantitative estimate of drug-likeness (QED) is 0.163. The Morgan fingerprint density at radius 1 is 1.00 bits per heavy atom. The zero-order valence-corrected chi connectivity index (χ0v) is 18.4. The highest BCUT2D eigenvalue weighted by molar-refractivity contribution is 9.09. The van der Waals surface area contributed by atoms with Gasteiger partial charge in [-0.2, -0.15) is 10.2 Å². The summed E-state index contributed by atoms with van der Waals surface area (Å²) in [7, 11) is 4.04. The molecule has 0 bridgehead atoms. The number of hydrogen-bond acceptors (Lipinski definition) is 4. The number of halogens is 1. The van der Waals surface area contributed by atoms with Gasteiger partial charge in [0, 0.05) is 31.7 Å². The Hall–Kier alpha value is -1.62. The van der Waals surface area contributed by atoms with Gasteiger partial charge in [-0.3, -0.25) is 0 Å². The summed E-state index contributed by atoms with van der Waals surface area (Å²) < 4.78 is 0. The second kappa shape index (κ2) is 20.7. The van der Waals surface area contributed by atoms with Crippen LogP contribution in [0.15, 0.2) is 58.9 Å². The number of nitrogens with zero attached hydrogens (tertiary/aromatic N) is 3. The molecule has 0 spiro atoms. The second-order valence-electron chi connectivity index (χ2n) is 5.68. The van der Waals surface area contributed by atoms with Crippen LogP contribution in [0, 0.1) is 0 Å². The molecule has 0 heterocycles. The van der Waals surface area contributed by atoms with E-state index in [0.717, 1.165) is 23.2 Å². The van der Waals surface area contributed by atoms with E-state index in [4.69, 9.17) is 0 Å². The molecule has 4 nitrogen and oxygen atoms in total. The molecule has 1 aromatic rings. The molecule has 0 aliphatic heterocycles. The largest absolute Gasteiger partial charge is 0.391 e. The van der Waals surface area contributed by atoms with Crippen LogP contribution in [0.4, 0.5) is 11.4 Å². The van der Waals surface area contributed by atoms with Gasteiger partial charge in [-0.15, -0.1) is 0 Å². The summed E-state index contributed by atoms with van der Waals surface area (Å²) in [5.74, 6) is 0. The van der Waals surface area contributed by atoms with E-state index in [1.807, 2.05) is 76.6 Å². The van der Waals surface area contributed by atoms with Crippen molar-refractivity contribution < 1.29 is 0 Å². The van der Waals surface area contributed by atoms with Gasteiger partial charge < -0.3 is 10.2 Å². The van der Waals surface area contributed by atoms with Crippen molar-refractivity contribution in [1.82, 2.24) is 5.32 Å². The zero-order chi connectivity index (χ0) is 19.5. The van der Waals surface area contributed by atoms with Crippen molar-refractivity contribution in [3.05, 3.63) is 48.7 Å². The molecular weight excluding hydrogens is 400 g/mol. The van der Waals surface area contributed by atoms with Gasteiger partial charge in [-0.25, -0.2) is 0 Å². The van der Waals surface area contributed by atoms with E-state index in [1.165, 1.54) is 25.7 Å². The Bertz CT molecular complexity index is 508. The minimum atomic E-state index is 0. The first-order valence-corrected chi connectivity index (χ1v) is 10.6. The molecule has 0 saturated heterocycles. The van der Waals surface area contributed by atoms with Crippen LogP contribution in [0.3, 0.4) is 0 Å². The standard InChI is InChI=1S/C19H29BrN4.C2H6.CH4/c1-24(2)19-12-10-18(11-13-19)23-22-17-9-5-8-16-21-15-7-4-3-6-14-20;1-2;/h5,8-13,16,21H,3-4,6-7,14-15,17H2,1-2H3;1-2H3;1H4/b9-5-,16-8-,23-22?;;. The van der Waals surface area contributed by atoms with Crippen LogP contribution in [0.1, 0.15) is 47.0 Å². The highest BCUT2D eigenvalue weighted by Crippen LogP contribution is 2.18. The number of rotatable bonds is 12. The fourth-order valence-corrected chi connectivity index (χ4v) is 2.41. The molecule has 1 aromatic carbocycles.